The second-order valence-electron chi connectivity index (χ2n) is 7.59. The highest BCUT2D eigenvalue weighted by Crippen LogP contribution is 2.29. The zero-order valence-corrected chi connectivity index (χ0v) is 21.5. The summed E-state index contributed by atoms with van der Waals surface area (Å²) < 4.78 is 26.3. The lowest BCUT2D eigenvalue weighted by molar-refractivity contribution is -0.140. The zero-order chi connectivity index (χ0) is 24.8. The summed E-state index contributed by atoms with van der Waals surface area (Å²) in [6.45, 7) is 5.24. The topological polar surface area (TPSA) is 86.8 Å². The molecule has 180 valence electrons. The van der Waals surface area contributed by atoms with E-state index in [0.717, 1.165) is 10.6 Å². The molecule has 1 atom stereocenters. The number of carbonyl (C=O) groups is 2. The van der Waals surface area contributed by atoms with Gasteiger partial charge in [-0.05, 0) is 49.6 Å². The van der Waals surface area contributed by atoms with Gasteiger partial charge in [-0.25, -0.2) is 8.42 Å². The van der Waals surface area contributed by atoms with E-state index in [1.54, 1.807) is 63.2 Å². The number of hydrogen-bond donors (Lipinski definition) is 1. The molecule has 10 heteroatoms. The van der Waals surface area contributed by atoms with Crippen molar-refractivity contribution in [3.8, 4) is 0 Å². The van der Waals surface area contributed by atoms with Gasteiger partial charge in [-0.15, -0.1) is 0 Å². The summed E-state index contributed by atoms with van der Waals surface area (Å²) >= 11 is 12.5. The van der Waals surface area contributed by atoms with Crippen molar-refractivity contribution in [3.05, 3.63) is 63.6 Å². The van der Waals surface area contributed by atoms with Crippen molar-refractivity contribution in [2.45, 2.75) is 39.8 Å². The van der Waals surface area contributed by atoms with E-state index in [0.29, 0.717) is 39.8 Å². The van der Waals surface area contributed by atoms with E-state index in [-0.39, 0.29) is 12.5 Å². The Bertz CT molecular complexity index is 1110. The first-order chi connectivity index (χ1) is 15.5. The molecule has 0 saturated carbocycles. The predicted molar refractivity (Wildman–Crippen MR) is 133 cm³/mol. The van der Waals surface area contributed by atoms with Gasteiger partial charge in [0.2, 0.25) is 21.8 Å². The fraction of sp³-hybridized carbons (Fsp3) is 0.391. The zero-order valence-electron chi connectivity index (χ0n) is 19.1. The lowest BCUT2D eigenvalue weighted by Gasteiger charge is -2.33. The van der Waals surface area contributed by atoms with Crippen LogP contribution in [-0.4, -0.2) is 50.5 Å². The molecule has 0 aromatic heterocycles. The number of carbonyl (C=O) groups excluding carboxylic acids is 2. The SMILES string of the molecule is CCNC(=O)C(CC)N(Cc1ccccc1Cl)C(=O)CN(c1cccc(Cl)c1C)S(C)(=O)=O. The lowest BCUT2D eigenvalue weighted by atomic mass is 10.1. The van der Waals surface area contributed by atoms with Crippen molar-refractivity contribution >= 4 is 50.7 Å². The molecule has 0 saturated heterocycles. The summed E-state index contributed by atoms with van der Waals surface area (Å²) in [6, 6.07) is 11.1. The van der Waals surface area contributed by atoms with Gasteiger partial charge in [-0.1, -0.05) is 54.4 Å². The third kappa shape index (κ3) is 6.85. The molecule has 2 aromatic carbocycles. The van der Waals surface area contributed by atoms with E-state index >= 15 is 0 Å². The number of benzene rings is 2. The van der Waals surface area contributed by atoms with Crippen molar-refractivity contribution in [1.29, 1.82) is 0 Å². The normalized spacial score (nSPS) is 12.2. The molecule has 33 heavy (non-hydrogen) atoms. The van der Waals surface area contributed by atoms with Crippen LogP contribution < -0.4 is 9.62 Å². The summed E-state index contributed by atoms with van der Waals surface area (Å²) in [5.41, 5.74) is 1.49. The molecule has 1 N–H and O–H groups in total. The molecule has 2 aromatic rings. The largest absolute Gasteiger partial charge is 0.355 e. The van der Waals surface area contributed by atoms with Gasteiger partial charge >= 0.3 is 0 Å². The van der Waals surface area contributed by atoms with Crippen LogP contribution in [0.5, 0.6) is 0 Å². The average Bonchev–Trinajstić information content (AvgIpc) is 2.74. The Morgan fingerprint density at radius 1 is 1.03 bits per heavy atom. The van der Waals surface area contributed by atoms with Gasteiger partial charge in [0.15, 0.2) is 0 Å². The molecule has 0 fully saturated rings. The summed E-state index contributed by atoms with van der Waals surface area (Å²) in [5, 5.41) is 3.58. The number of nitrogens with one attached hydrogen (secondary N) is 1. The third-order valence-electron chi connectivity index (χ3n) is 5.22. The van der Waals surface area contributed by atoms with Gasteiger partial charge < -0.3 is 10.2 Å². The lowest BCUT2D eigenvalue weighted by Crippen LogP contribution is -2.52. The number of rotatable bonds is 10. The van der Waals surface area contributed by atoms with Crippen molar-refractivity contribution in [1.82, 2.24) is 10.2 Å². The summed E-state index contributed by atoms with van der Waals surface area (Å²) in [6.07, 6.45) is 1.37. The fourth-order valence-corrected chi connectivity index (χ4v) is 4.75. The average molecular weight is 514 g/mol. The van der Waals surface area contributed by atoms with Gasteiger partial charge in [0.1, 0.15) is 12.6 Å². The highest BCUT2D eigenvalue weighted by atomic mass is 35.5. The van der Waals surface area contributed by atoms with Crippen LogP contribution in [0.25, 0.3) is 0 Å². The Morgan fingerprint density at radius 3 is 2.24 bits per heavy atom. The molecule has 2 rings (SSSR count). The molecule has 0 heterocycles. The molecule has 0 bridgehead atoms. The van der Waals surface area contributed by atoms with E-state index in [1.807, 2.05) is 0 Å². The molecule has 1 unspecified atom stereocenters. The fourth-order valence-electron chi connectivity index (χ4n) is 3.48. The van der Waals surface area contributed by atoms with Crippen LogP contribution in [-0.2, 0) is 26.2 Å². The Kier molecular flexibility index (Phi) is 9.57. The van der Waals surface area contributed by atoms with Crippen molar-refractivity contribution in [2.75, 3.05) is 23.7 Å². The Labute approximate surface area is 205 Å². The maximum Gasteiger partial charge on any atom is 0.244 e. The summed E-state index contributed by atoms with van der Waals surface area (Å²) in [7, 11) is -3.83. The van der Waals surface area contributed by atoms with Crippen molar-refractivity contribution < 1.29 is 18.0 Å². The quantitative estimate of drug-likeness (QED) is 0.519. The van der Waals surface area contributed by atoms with Gasteiger partial charge in [0.25, 0.3) is 0 Å². The first-order valence-electron chi connectivity index (χ1n) is 10.5. The first kappa shape index (κ1) is 27.0. The molecule has 0 aliphatic rings. The number of anilines is 1. The molecular formula is C23H29Cl2N3O4S. The van der Waals surface area contributed by atoms with Crippen LogP contribution in [0.4, 0.5) is 5.69 Å². The molecule has 0 radical (unpaired) electrons. The van der Waals surface area contributed by atoms with Crippen LogP contribution in [0.3, 0.4) is 0 Å². The monoisotopic (exact) mass is 513 g/mol. The number of hydrogen-bond acceptors (Lipinski definition) is 4. The molecule has 0 aliphatic heterocycles. The summed E-state index contributed by atoms with van der Waals surface area (Å²) in [5.74, 6) is -0.844. The number of likely N-dealkylation sites (N-methyl/N-ethyl adjacent to an activating group) is 1. The number of halogens is 2. The predicted octanol–water partition coefficient (Wildman–Crippen LogP) is 4.01. The molecule has 0 aliphatic carbocycles. The number of nitrogens with zero attached hydrogens (tertiary/aromatic N) is 2. The Balaban J connectivity index is 2.49. The van der Waals surface area contributed by atoms with Gasteiger partial charge in [0.05, 0.1) is 11.9 Å². The van der Waals surface area contributed by atoms with Crippen LogP contribution in [0.15, 0.2) is 42.5 Å². The van der Waals surface area contributed by atoms with Crippen LogP contribution in [0, 0.1) is 6.92 Å². The van der Waals surface area contributed by atoms with Crippen LogP contribution in [0.1, 0.15) is 31.4 Å². The van der Waals surface area contributed by atoms with Gasteiger partial charge in [-0.3, -0.25) is 13.9 Å². The smallest absolute Gasteiger partial charge is 0.244 e. The van der Waals surface area contributed by atoms with E-state index in [4.69, 9.17) is 23.2 Å². The maximum atomic E-state index is 13.6. The first-order valence-corrected chi connectivity index (χ1v) is 13.1. The van der Waals surface area contributed by atoms with Crippen LogP contribution in [0.2, 0.25) is 10.0 Å². The molecule has 7 nitrogen and oxygen atoms in total. The van der Waals surface area contributed by atoms with Crippen molar-refractivity contribution in [3.63, 3.8) is 0 Å². The van der Waals surface area contributed by atoms with E-state index < -0.39 is 28.5 Å². The number of sulfonamides is 1. The molecule has 2 amide bonds. The summed E-state index contributed by atoms with van der Waals surface area (Å²) in [4.78, 5) is 27.7. The number of amides is 2. The van der Waals surface area contributed by atoms with Gasteiger partial charge in [0, 0.05) is 23.1 Å². The highest BCUT2D eigenvalue weighted by Gasteiger charge is 2.32. The molecule has 0 spiro atoms. The Hall–Kier alpha value is -2.29. The van der Waals surface area contributed by atoms with Gasteiger partial charge in [-0.2, -0.15) is 0 Å². The maximum absolute atomic E-state index is 13.6. The molecular weight excluding hydrogens is 485 g/mol. The minimum absolute atomic E-state index is 0.0558. The minimum atomic E-state index is -3.83. The van der Waals surface area contributed by atoms with E-state index in [2.05, 4.69) is 5.32 Å². The van der Waals surface area contributed by atoms with E-state index in [9.17, 15) is 18.0 Å². The minimum Gasteiger partial charge on any atom is -0.355 e. The van der Waals surface area contributed by atoms with Crippen LogP contribution >= 0.6 is 23.2 Å². The third-order valence-corrected chi connectivity index (χ3v) is 7.13. The van der Waals surface area contributed by atoms with E-state index in [1.165, 1.54) is 4.90 Å². The van der Waals surface area contributed by atoms with Crippen molar-refractivity contribution in [2.24, 2.45) is 0 Å². The Morgan fingerprint density at radius 2 is 1.67 bits per heavy atom. The highest BCUT2D eigenvalue weighted by molar-refractivity contribution is 7.92. The second-order valence-corrected chi connectivity index (χ2v) is 10.3. The second kappa shape index (κ2) is 11.7. The standard InChI is InChI=1S/C23H29Cl2N3O4S/c1-5-20(23(30)26-6-2)27(14-17-10-7-8-11-19(17)25)22(29)15-28(33(4,31)32)21-13-9-12-18(24)16(21)3/h7-13,20H,5-6,14-15H2,1-4H3,(H,26,30).